The minimum absolute atomic E-state index is 0.00102. The molecule has 0 N–H and O–H groups in total. The van der Waals surface area contributed by atoms with Gasteiger partial charge in [0.2, 0.25) is 11.8 Å². The summed E-state index contributed by atoms with van der Waals surface area (Å²) in [7, 11) is 0. The summed E-state index contributed by atoms with van der Waals surface area (Å²) in [5.74, 6) is -1.60. The third-order valence-electron chi connectivity index (χ3n) is 3.87. The van der Waals surface area contributed by atoms with Crippen molar-refractivity contribution in [3.8, 4) is 0 Å². The molecule has 3 rings (SSSR count). The molecule has 0 saturated carbocycles. The average molecular weight is 280 g/mol. The molecule has 4 nitrogen and oxygen atoms in total. The summed E-state index contributed by atoms with van der Waals surface area (Å²) in [6.45, 7) is 0.584. The van der Waals surface area contributed by atoms with Crippen LogP contribution in [0.25, 0.3) is 0 Å². The SMILES string of the molecule is O=C1C2CCCN2C(=O)CN1Cc1ccc(F)cc1F. The summed E-state index contributed by atoms with van der Waals surface area (Å²) in [5.41, 5.74) is 0.221. The van der Waals surface area contributed by atoms with Crippen LogP contribution in [0.4, 0.5) is 8.78 Å². The molecule has 0 aliphatic carbocycles. The Morgan fingerprint density at radius 3 is 2.80 bits per heavy atom. The largest absolute Gasteiger partial charge is 0.329 e. The molecule has 2 saturated heterocycles. The number of hydrogen-bond donors (Lipinski definition) is 0. The van der Waals surface area contributed by atoms with Crippen LogP contribution in [-0.2, 0) is 16.1 Å². The zero-order valence-corrected chi connectivity index (χ0v) is 10.8. The lowest BCUT2D eigenvalue weighted by Crippen LogP contribution is -2.56. The van der Waals surface area contributed by atoms with Crippen LogP contribution in [0.2, 0.25) is 0 Å². The third kappa shape index (κ3) is 2.15. The van der Waals surface area contributed by atoms with Crippen LogP contribution < -0.4 is 0 Å². The average Bonchev–Trinajstić information content (AvgIpc) is 2.88. The molecule has 6 heteroatoms. The summed E-state index contributed by atoms with van der Waals surface area (Å²) >= 11 is 0. The third-order valence-corrected chi connectivity index (χ3v) is 3.87. The van der Waals surface area contributed by atoms with Gasteiger partial charge in [-0.15, -0.1) is 0 Å². The van der Waals surface area contributed by atoms with E-state index in [1.807, 2.05) is 0 Å². The fourth-order valence-electron chi connectivity index (χ4n) is 2.85. The van der Waals surface area contributed by atoms with Crippen LogP contribution in [0.5, 0.6) is 0 Å². The monoisotopic (exact) mass is 280 g/mol. The molecular formula is C14H14F2N2O2. The Morgan fingerprint density at radius 2 is 2.05 bits per heavy atom. The zero-order chi connectivity index (χ0) is 14.3. The normalized spacial score (nSPS) is 22.4. The van der Waals surface area contributed by atoms with Gasteiger partial charge < -0.3 is 9.80 Å². The highest BCUT2D eigenvalue weighted by molar-refractivity contribution is 5.95. The zero-order valence-electron chi connectivity index (χ0n) is 10.8. The van der Waals surface area contributed by atoms with E-state index in [1.54, 1.807) is 4.90 Å². The van der Waals surface area contributed by atoms with Gasteiger partial charge in [0.15, 0.2) is 0 Å². The molecule has 0 spiro atoms. The Kier molecular flexibility index (Phi) is 3.16. The van der Waals surface area contributed by atoms with Gasteiger partial charge in [-0.3, -0.25) is 9.59 Å². The highest BCUT2D eigenvalue weighted by Crippen LogP contribution is 2.25. The van der Waals surface area contributed by atoms with Crippen LogP contribution in [0, 0.1) is 11.6 Å². The summed E-state index contributed by atoms with van der Waals surface area (Å²) in [5, 5.41) is 0. The number of hydrogen-bond acceptors (Lipinski definition) is 2. The highest BCUT2D eigenvalue weighted by atomic mass is 19.1. The lowest BCUT2D eigenvalue weighted by Gasteiger charge is -2.36. The van der Waals surface area contributed by atoms with Crippen molar-refractivity contribution < 1.29 is 18.4 Å². The van der Waals surface area contributed by atoms with Gasteiger partial charge in [-0.25, -0.2) is 8.78 Å². The van der Waals surface area contributed by atoms with Crippen LogP contribution in [-0.4, -0.2) is 40.7 Å². The van der Waals surface area contributed by atoms with Crippen molar-refractivity contribution in [3.05, 3.63) is 35.4 Å². The number of rotatable bonds is 2. The molecule has 2 aliphatic heterocycles. The van der Waals surface area contributed by atoms with E-state index < -0.39 is 17.7 Å². The van der Waals surface area contributed by atoms with Gasteiger partial charge in [0.1, 0.15) is 24.2 Å². The van der Waals surface area contributed by atoms with Crippen molar-refractivity contribution in [3.63, 3.8) is 0 Å². The van der Waals surface area contributed by atoms with E-state index in [1.165, 1.54) is 11.0 Å². The van der Waals surface area contributed by atoms with E-state index in [-0.39, 0.29) is 30.5 Å². The molecule has 1 unspecified atom stereocenters. The number of fused-ring (bicyclic) bond motifs is 1. The molecule has 0 bridgehead atoms. The molecule has 2 heterocycles. The quantitative estimate of drug-likeness (QED) is 0.819. The van der Waals surface area contributed by atoms with Crippen molar-refractivity contribution in [2.24, 2.45) is 0 Å². The van der Waals surface area contributed by atoms with Crippen LogP contribution in [0.3, 0.4) is 0 Å². The Hall–Kier alpha value is -1.98. The molecule has 20 heavy (non-hydrogen) atoms. The van der Waals surface area contributed by atoms with Crippen molar-refractivity contribution in [1.29, 1.82) is 0 Å². The van der Waals surface area contributed by atoms with Gasteiger partial charge in [-0.2, -0.15) is 0 Å². The molecule has 2 aliphatic rings. The fourth-order valence-corrected chi connectivity index (χ4v) is 2.85. The molecule has 1 aromatic carbocycles. The van der Waals surface area contributed by atoms with Crippen molar-refractivity contribution >= 4 is 11.8 Å². The molecule has 2 amide bonds. The Bertz CT molecular complexity index is 576. The van der Waals surface area contributed by atoms with E-state index in [0.717, 1.165) is 18.6 Å². The predicted octanol–water partition coefficient (Wildman–Crippen LogP) is 1.30. The van der Waals surface area contributed by atoms with E-state index in [4.69, 9.17) is 0 Å². The number of benzene rings is 1. The fraction of sp³-hybridized carbons (Fsp3) is 0.429. The Labute approximate surface area is 115 Å². The van der Waals surface area contributed by atoms with Crippen LogP contribution in [0.1, 0.15) is 18.4 Å². The minimum atomic E-state index is -0.695. The van der Waals surface area contributed by atoms with E-state index in [0.29, 0.717) is 13.0 Å². The van der Waals surface area contributed by atoms with Crippen molar-refractivity contribution in [2.45, 2.75) is 25.4 Å². The smallest absolute Gasteiger partial charge is 0.246 e. The van der Waals surface area contributed by atoms with Gasteiger partial charge in [-0.05, 0) is 18.9 Å². The second-order valence-corrected chi connectivity index (χ2v) is 5.18. The van der Waals surface area contributed by atoms with Gasteiger partial charge in [0.05, 0.1) is 0 Å². The number of piperazine rings is 1. The summed E-state index contributed by atoms with van der Waals surface area (Å²) < 4.78 is 26.5. The van der Waals surface area contributed by atoms with Gasteiger partial charge >= 0.3 is 0 Å². The summed E-state index contributed by atoms with van der Waals surface area (Å²) in [6.07, 6.45) is 1.48. The number of halogens is 2. The van der Waals surface area contributed by atoms with E-state index in [2.05, 4.69) is 0 Å². The lowest BCUT2D eigenvalue weighted by atomic mass is 10.1. The summed E-state index contributed by atoms with van der Waals surface area (Å²) in [6, 6.07) is 2.84. The molecule has 0 radical (unpaired) electrons. The standard InChI is InChI=1S/C14H14F2N2O2/c15-10-4-3-9(11(16)6-10)7-17-8-13(19)18-5-1-2-12(18)14(17)20/h3-4,6,12H,1-2,5,7-8H2. The first kappa shape index (κ1) is 13.0. The maximum Gasteiger partial charge on any atom is 0.246 e. The van der Waals surface area contributed by atoms with Crippen LogP contribution in [0.15, 0.2) is 18.2 Å². The van der Waals surface area contributed by atoms with Crippen LogP contribution >= 0.6 is 0 Å². The molecule has 2 fully saturated rings. The maximum absolute atomic E-state index is 13.6. The molecule has 1 atom stereocenters. The highest BCUT2D eigenvalue weighted by Gasteiger charge is 2.41. The first-order chi connectivity index (χ1) is 9.56. The predicted molar refractivity (Wildman–Crippen MR) is 66.5 cm³/mol. The Morgan fingerprint density at radius 1 is 1.25 bits per heavy atom. The topological polar surface area (TPSA) is 40.6 Å². The summed E-state index contributed by atoms with van der Waals surface area (Å²) in [4.78, 5) is 27.2. The Balaban J connectivity index is 1.80. The second-order valence-electron chi connectivity index (χ2n) is 5.18. The van der Waals surface area contributed by atoms with E-state index >= 15 is 0 Å². The maximum atomic E-state index is 13.6. The molecule has 106 valence electrons. The first-order valence-electron chi connectivity index (χ1n) is 6.58. The lowest BCUT2D eigenvalue weighted by molar-refractivity contribution is -0.154. The molecular weight excluding hydrogens is 266 g/mol. The van der Waals surface area contributed by atoms with E-state index in [9.17, 15) is 18.4 Å². The molecule has 0 aromatic heterocycles. The van der Waals surface area contributed by atoms with Crippen molar-refractivity contribution in [1.82, 2.24) is 9.80 Å². The number of amides is 2. The second kappa shape index (κ2) is 4.85. The van der Waals surface area contributed by atoms with Gasteiger partial charge in [-0.1, -0.05) is 6.07 Å². The number of nitrogens with zero attached hydrogens (tertiary/aromatic N) is 2. The van der Waals surface area contributed by atoms with Crippen molar-refractivity contribution in [2.75, 3.05) is 13.1 Å². The number of carbonyl (C=O) groups is 2. The molecule has 1 aromatic rings. The minimum Gasteiger partial charge on any atom is -0.329 e. The number of carbonyl (C=O) groups excluding carboxylic acids is 2. The first-order valence-corrected chi connectivity index (χ1v) is 6.58. The van der Waals surface area contributed by atoms with Gasteiger partial charge in [0, 0.05) is 24.7 Å². The van der Waals surface area contributed by atoms with Gasteiger partial charge in [0.25, 0.3) is 0 Å².